The predicted octanol–water partition coefficient (Wildman–Crippen LogP) is -0.147. The monoisotopic (exact) mass is 295 g/mol. The molecule has 2 amide bonds. The number of amides is 2. The number of hydrogen-bond donors (Lipinski definition) is 2. The number of carbonyl (C=O) groups is 2. The zero-order valence-electron chi connectivity index (χ0n) is 12.4. The van der Waals surface area contributed by atoms with Crippen molar-refractivity contribution in [2.75, 3.05) is 19.7 Å². The summed E-state index contributed by atoms with van der Waals surface area (Å²) in [4.78, 5) is 25.7. The lowest BCUT2D eigenvalue weighted by Gasteiger charge is -2.45. The van der Waals surface area contributed by atoms with Gasteiger partial charge in [-0.1, -0.05) is 6.42 Å². The highest BCUT2D eigenvalue weighted by molar-refractivity contribution is 5.82. The molecule has 118 valence electrons. The number of primary amides is 1. The molecule has 21 heavy (non-hydrogen) atoms. The van der Waals surface area contributed by atoms with Gasteiger partial charge in [-0.3, -0.25) is 9.59 Å². The summed E-state index contributed by atoms with van der Waals surface area (Å²) in [5.41, 5.74) is 11.6. The molecule has 0 aromatic heterocycles. The molecule has 3 atom stereocenters. The van der Waals surface area contributed by atoms with Crippen LogP contribution in [-0.4, -0.2) is 48.6 Å². The highest BCUT2D eigenvalue weighted by Gasteiger charge is 2.42. The maximum absolute atomic E-state index is 12.7. The molecule has 1 heterocycles. The zero-order valence-corrected chi connectivity index (χ0v) is 12.4. The molecule has 2 bridgehead atoms. The molecule has 2 saturated carbocycles. The summed E-state index contributed by atoms with van der Waals surface area (Å²) in [6.07, 6.45) is 4.67. The normalized spacial score (nSPS) is 39.9. The molecule has 1 aliphatic heterocycles. The quantitative estimate of drug-likeness (QED) is 0.740. The van der Waals surface area contributed by atoms with E-state index in [1.807, 2.05) is 0 Å². The second-order valence-electron chi connectivity index (χ2n) is 6.74. The lowest BCUT2D eigenvalue weighted by molar-refractivity contribution is -0.150. The van der Waals surface area contributed by atoms with Crippen LogP contribution in [0.1, 0.15) is 32.1 Å². The minimum Gasteiger partial charge on any atom is -0.367 e. The summed E-state index contributed by atoms with van der Waals surface area (Å²) in [7, 11) is 0. The van der Waals surface area contributed by atoms with Crippen LogP contribution in [0, 0.1) is 17.8 Å². The van der Waals surface area contributed by atoms with Gasteiger partial charge in [-0.25, -0.2) is 0 Å². The Labute approximate surface area is 125 Å². The first-order chi connectivity index (χ1) is 10.1. The van der Waals surface area contributed by atoms with Gasteiger partial charge in [-0.05, 0) is 37.5 Å². The van der Waals surface area contributed by atoms with Crippen molar-refractivity contribution in [3.63, 3.8) is 0 Å². The van der Waals surface area contributed by atoms with Crippen LogP contribution < -0.4 is 11.5 Å². The summed E-state index contributed by atoms with van der Waals surface area (Å²) in [6, 6.07) is 0.269. The smallest absolute Gasteiger partial charge is 0.248 e. The first-order valence-corrected chi connectivity index (χ1v) is 8.01. The van der Waals surface area contributed by atoms with Crippen LogP contribution in [0.5, 0.6) is 0 Å². The molecule has 3 rings (SSSR count). The molecule has 3 fully saturated rings. The Bertz CT molecular complexity index is 414. The average molecular weight is 295 g/mol. The van der Waals surface area contributed by atoms with E-state index in [1.165, 1.54) is 6.42 Å². The first-order valence-electron chi connectivity index (χ1n) is 8.01. The van der Waals surface area contributed by atoms with Crippen LogP contribution in [0.2, 0.25) is 0 Å². The van der Waals surface area contributed by atoms with Gasteiger partial charge in [0.25, 0.3) is 0 Å². The first kappa shape index (κ1) is 14.8. The lowest BCUT2D eigenvalue weighted by atomic mass is 9.65. The lowest BCUT2D eigenvalue weighted by Crippen LogP contribution is -2.54. The predicted molar refractivity (Wildman–Crippen MR) is 77.0 cm³/mol. The van der Waals surface area contributed by atoms with Crippen LogP contribution in [0.15, 0.2) is 0 Å². The van der Waals surface area contributed by atoms with E-state index in [0.29, 0.717) is 31.5 Å². The molecule has 2 aliphatic carbocycles. The van der Waals surface area contributed by atoms with Gasteiger partial charge in [0, 0.05) is 18.5 Å². The number of carbonyl (C=O) groups excluding carboxylic acids is 2. The third-order valence-electron chi connectivity index (χ3n) is 5.46. The Morgan fingerprint density at radius 3 is 2.43 bits per heavy atom. The topological polar surface area (TPSA) is 98.7 Å². The Balaban J connectivity index is 1.64. The Morgan fingerprint density at radius 1 is 1.14 bits per heavy atom. The van der Waals surface area contributed by atoms with Gasteiger partial charge in [0.2, 0.25) is 11.8 Å². The van der Waals surface area contributed by atoms with Crippen LogP contribution in [-0.2, 0) is 14.3 Å². The molecule has 6 nitrogen and oxygen atoms in total. The molecular formula is C15H25N3O3. The maximum Gasteiger partial charge on any atom is 0.248 e. The van der Waals surface area contributed by atoms with Crippen LogP contribution >= 0.6 is 0 Å². The number of fused-ring (bicyclic) bond motifs is 2. The van der Waals surface area contributed by atoms with Gasteiger partial charge < -0.3 is 21.1 Å². The van der Waals surface area contributed by atoms with E-state index < -0.39 is 12.0 Å². The molecule has 0 spiro atoms. The molecule has 0 aromatic carbocycles. The van der Waals surface area contributed by atoms with Gasteiger partial charge in [0.15, 0.2) is 6.10 Å². The molecule has 0 radical (unpaired) electrons. The maximum atomic E-state index is 12.7. The number of nitrogens with zero attached hydrogens (tertiary/aromatic N) is 1. The van der Waals surface area contributed by atoms with Gasteiger partial charge in [-0.15, -0.1) is 0 Å². The zero-order chi connectivity index (χ0) is 15.0. The Hall–Kier alpha value is -1.14. The molecular weight excluding hydrogens is 270 g/mol. The largest absolute Gasteiger partial charge is 0.367 e. The number of hydrogen-bond acceptors (Lipinski definition) is 4. The fourth-order valence-electron chi connectivity index (χ4n) is 4.27. The van der Waals surface area contributed by atoms with Crippen molar-refractivity contribution in [1.82, 2.24) is 4.90 Å². The highest BCUT2D eigenvalue weighted by atomic mass is 16.5. The van der Waals surface area contributed by atoms with Crippen molar-refractivity contribution in [2.24, 2.45) is 29.2 Å². The molecule has 0 aromatic rings. The highest BCUT2D eigenvalue weighted by Crippen LogP contribution is 2.42. The molecule has 3 aliphatic rings. The van der Waals surface area contributed by atoms with Crippen molar-refractivity contribution in [2.45, 2.75) is 44.2 Å². The molecule has 1 saturated heterocycles. The van der Waals surface area contributed by atoms with Gasteiger partial charge >= 0.3 is 0 Å². The fraction of sp³-hybridized carbons (Fsp3) is 0.867. The van der Waals surface area contributed by atoms with Crippen LogP contribution in [0.4, 0.5) is 0 Å². The van der Waals surface area contributed by atoms with E-state index in [-0.39, 0.29) is 17.9 Å². The minimum absolute atomic E-state index is 0.0618. The van der Waals surface area contributed by atoms with Crippen molar-refractivity contribution < 1.29 is 14.3 Å². The van der Waals surface area contributed by atoms with Crippen molar-refractivity contribution in [1.29, 1.82) is 0 Å². The van der Waals surface area contributed by atoms with Gasteiger partial charge in [0.1, 0.15) is 0 Å². The van der Waals surface area contributed by atoms with E-state index in [9.17, 15) is 9.59 Å². The standard InChI is InChI=1S/C15H25N3O3/c16-13-9-2-1-3-10(13)7-11(6-9)15(20)18-4-5-21-12(8-18)14(17)19/h9-13H,1-8,16H2,(H2,17,19). The van der Waals surface area contributed by atoms with E-state index in [1.54, 1.807) is 4.90 Å². The summed E-state index contributed by atoms with van der Waals surface area (Å²) in [5.74, 6) is 0.703. The Morgan fingerprint density at radius 2 is 1.81 bits per heavy atom. The van der Waals surface area contributed by atoms with Crippen LogP contribution in [0.25, 0.3) is 0 Å². The molecule has 6 heteroatoms. The second kappa shape index (κ2) is 5.93. The summed E-state index contributed by atoms with van der Waals surface area (Å²) < 4.78 is 5.31. The van der Waals surface area contributed by atoms with E-state index >= 15 is 0 Å². The average Bonchev–Trinajstić information content (AvgIpc) is 2.46. The minimum atomic E-state index is -0.659. The summed E-state index contributed by atoms with van der Waals surface area (Å²) in [6.45, 7) is 1.24. The third-order valence-corrected chi connectivity index (χ3v) is 5.46. The van der Waals surface area contributed by atoms with Gasteiger partial charge in [0.05, 0.1) is 13.2 Å². The summed E-state index contributed by atoms with van der Waals surface area (Å²) >= 11 is 0. The van der Waals surface area contributed by atoms with Gasteiger partial charge in [-0.2, -0.15) is 0 Å². The van der Waals surface area contributed by atoms with E-state index in [0.717, 1.165) is 25.7 Å². The van der Waals surface area contributed by atoms with E-state index in [4.69, 9.17) is 16.2 Å². The SMILES string of the molecule is NC(=O)C1CN(C(=O)C2CC3CCCC(C2)C3N)CCO1. The molecule has 4 N–H and O–H groups in total. The number of morpholine rings is 1. The number of nitrogens with two attached hydrogens (primary N) is 2. The van der Waals surface area contributed by atoms with Crippen molar-refractivity contribution >= 4 is 11.8 Å². The third kappa shape index (κ3) is 2.92. The van der Waals surface area contributed by atoms with Crippen LogP contribution in [0.3, 0.4) is 0 Å². The second-order valence-corrected chi connectivity index (χ2v) is 6.74. The van der Waals surface area contributed by atoms with E-state index in [2.05, 4.69) is 0 Å². The van der Waals surface area contributed by atoms with Crippen molar-refractivity contribution in [3.8, 4) is 0 Å². The number of ether oxygens (including phenoxy) is 1. The fourth-order valence-corrected chi connectivity index (χ4v) is 4.27. The number of rotatable bonds is 2. The summed E-state index contributed by atoms with van der Waals surface area (Å²) in [5, 5.41) is 0. The van der Waals surface area contributed by atoms with Crippen molar-refractivity contribution in [3.05, 3.63) is 0 Å². The Kier molecular flexibility index (Phi) is 4.17. The molecule has 3 unspecified atom stereocenters.